The normalized spacial score (nSPS) is 11.2. The van der Waals surface area contributed by atoms with Crippen LogP contribution in [0.2, 0.25) is 0 Å². The summed E-state index contributed by atoms with van der Waals surface area (Å²) in [6, 6.07) is 64.9. The third-order valence-corrected chi connectivity index (χ3v) is 9.07. The van der Waals surface area contributed by atoms with Crippen LogP contribution in [0.4, 0.5) is 17.1 Å². The summed E-state index contributed by atoms with van der Waals surface area (Å²) in [6.45, 7) is 0. The average molecular weight is 642 g/mol. The van der Waals surface area contributed by atoms with Gasteiger partial charge in [0.15, 0.2) is 5.82 Å². The topological polar surface area (TPSA) is 42.2 Å². The standard InChI is InChI=1S/C46H31N3O/c1-5-15-32(16-6-1)33-25-27-37(28-26-33)49(36-21-11-4-12-22-36)38-29-40(45-39-23-13-14-24-43(39)50-44(45)30-38)42-31-41(34-17-7-2-8-18-34)47-46(48-42)35-19-9-3-10-20-35/h1-31H. The maximum absolute atomic E-state index is 6.61. The van der Waals surface area contributed by atoms with Gasteiger partial charge in [-0.3, -0.25) is 0 Å². The lowest BCUT2D eigenvalue weighted by molar-refractivity contribution is 0.669. The fourth-order valence-electron chi connectivity index (χ4n) is 6.69. The van der Waals surface area contributed by atoms with Crippen molar-refractivity contribution in [3.63, 3.8) is 0 Å². The Morgan fingerprint density at radius 3 is 1.62 bits per heavy atom. The number of nitrogens with zero attached hydrogens (tertiary/aromatic N) is 3. The molecular formula is C46H31N3O. The number of rotatable bonds is 7. The predicted molar refractivity (Wildman–Crippen MR) is 206 cm³/mol. The summed E-state index contributed by atoms with van der Waals surface area (Å²) in [6.07, 6.45) is 0. The third-order valence-electron chi connectivity index (χ3n) is 9.07. The van der Waals surface area contributed by atoms with Crippen molar-refractivity contribution in [2.24, 2.45) is 0 Å². The molecule has 0 fully saturated rings. The molecule has 2 aromatic heterocycles. The molecule has 0 N–H and O–H groups in total. The van der Waals surface area contributed by atoms with E-state index in [2.05, 4.69) is 132 Å². The van der Waals surface area contributed by atoms with E-state index in [1.54, 1.807) is 0 Å². The molecule has 50 heavy (non-hydrogen) atoms. The maximum Gasteiger partial charge on any atom is 0.160 e. The largest absolute Gasteiger partial charge is 0.456 e. The first-order chi connectivity index (χ1) is 24.8. The van der Waals surface area contributed by atoms with Crippen LogP contribution in [0.3, 0.4) is 0 Å². The summed E-state index contributed by atoms with van der Waals surface area (Å²) >= 11 is 0. The molecule has 0 aliphatic rings. The van der Waals surface area contributed by atoms with Crippen LogP contribution in [-0.4, -0.2) is 9.97 Å². The van der Waals surface area contributed by atoms with Crippen LogP contribution >= 0.6 is 0 Å². The smallest absolute Gasteiger partial charge is 0.160 e. The molecular weight excluding hydrogens is 611 g/mol. The summed E-state index contributed by atoms with van der Waals surface area (Å²) in [7, 11) is 0. The highest BCUT2D eigenvalue weighted by molar-refractivity contribution is 6.13. The molecule has 236 valence electrons. The molecule has 0 aliphatic carbocycles. The lowest BCUT2D eigenvalue weighted by atomic mass is 9.99. The van der Waals surface area contributed by atoms with Gasteiger partial charge in [0.05, 0.1) is 17.1 Å². The minimum atomic E-state index is 0.671. The molecule has 9 aromatic rings. The predicted octanol–water partition coefficient (Wildman–Crippen LogP) is 12.5. The maximum atomic E-state index is 6.61. The summed E-state index contributed by atoms with van der Waals surface area (Å²) < 4.78 is 6.61. The minimum Gasteiger partial charge on any atom is -0.456 e. The number of benzene rings is 7. The van der Waals surface area contributed by atoms with Gasteiger partial charge in [0.25, 0.3) is 0 Å². The lowest BCUT2D eigenvalue weighted by Gasteiger charge is -2.26. The van der Waals surface area contributed by atoms with Crippen molar-refractivity contribution in [1.82, 2.24) is 9.97 Å². The van der Waals surface area contributed by atoms with Crippen molar-refractivity contribution in [3.8, 4) is 45.0 Å². The van der Waals surface area contributed by atoms with Gasteiger partial charge in [-0.05, 0) is 53.6 Å². The second-order valence-corrected chi connectivity index (χ2v) is 12.2. The van der Waals surface area contributed by atoms with Crippen molar-refractivity contribution in [2.45, 2.75) is 0 Å². The molecule has 0 spiro atoms. The lowest BCUT2D eigenvalue weighted by Crippen LogP contribution is -2.10. The number of aromatic nitrogens is 2. The first-order valence-corrected chi connectivity index (χ1v) is 16.7. The summed E-state index contributed by atoms with van der Waals surface area (Å²) in [5, 5.41) is 2.07. The molecule has 0 saturated heterocycles. The Morgan fingerprint density at radius 2 is 0.920 bits per heavy atom. The first-order valence-electron chi connectivity index (χ1n) is 16.7. The zero-order valence-corrected chi connectivity index (χ0v) is 27.1. The van der Waals surface area contributed by atoms with Crippen molar-refractivity contribution >= 4 is 39.0 Å². The van der Waals surface area contributed by atoms with E-state index in [1.165, 1.54) is 11.1 Å². The molecule has 0 radical (unpaired) electrons. The Hall–Kier alpha value is -6.78. The number of anilines is 3. The Labute approximate surface area is 290 Å². The molecule has 0 atom stereocenters. The second-order valence-electron chi connectivity index (χ2n) is 12.2. The number of para-hydroxylation sites is 2. The first kappa shape index (κ1) is 29.4. The SMILES string of the molecule is c1ccc(-c2ccc(N(c3ccccc3)c3cc(-c4cc(-c5ccccc5)nc(-c5ccccc5)n4)c4c(c3)oc3ccccc34)cc2)cc1. The van der Waals surface area contributed by atoms with Gasteiger partial charge in [0.2, 0.25) is 0 Å². The van der Waals surface area contributed by atoms with Gasteiger partial charge in [-0.15, -0.1) is 0 Å². The third kappa shape index (κ3) is 5.49. The van der Waals surface area contributed by atoms with E-state index in [0.717, 1.165) is 67.1 Å². The van der Waals surface area contributed by atoms with Gasteiger partial charge < -0.3 is 9.32 Å². The van der Waals surface area contributed by atoms with E-state index >= 15 is 0 Å². The summed E-state index contributed by atoms with van der Waals surface area (Å²) in [5.41, 5.74) is 11.7. The van der Waals surface area contributed by atoms with Gasteiger partial charge in [0.1, 0.15) is 11.2 Å². The molecule has 4 heteroatoms. The quantitative estimate of drug-likeness (QED) is 0.174. The zero-order chi connectivity index (χ0) is 33.3. The molecule has 0 amide bonds. The van der Waals surface area contributed by atoms with Crippen LogP contribution < -0.4 is 4.90 Å². The zero-order valence-electron chi connectivity index (χ0n) is 27.1. The Kier molecular flexibility index (Phi) is 7.45. The van der Waals surface area contributed by atoms with Gasteiger partial charge in [-0.2, -0.15) is 0 Å². The molecule has 0 unspecified atom stereocenters. The molecule has 0 aliphatic heterocycles. The number of fused-ring (bicyclic) bond motifs is 3. The van der Waals surface area contributed by atoms with Crippen molar-refractivity contribution in [2.75, 3.05) is 4.90 Å². The summed E-state index contributed by atoms with van der Waals surface area (Å²) in [4.78, 5) is 12.6. The fourth-order valence-corrected chi connectivity index (χ4v) is 6.69. The molecule has 4 nitrogen and oxygen atoms in total. The van der Waals surface area contributed by atoms with E-state index in [-0.39, 0.29) is 0 Å². The Bertz CT molecular complexity index is 2510. The number of hydrogen-bond donors (Lipinski definition) is 0. The van der Waals surface area contributed by atoms with Crippen LogP contribution in [0.25, 0.3) is 67.0 Å². The average Bonchev–Trinajstić information content (AvgIpc) is 3.58. The van der Waals surface area contributed by atoms with E-state index in [4.69, 9.17) is 14.4 Å². The van der Waals surface area contributed by atoms with Gasteiger partial charge in [0, 0.05) is 44.9 Å². The number of furan rings is 1. The van der Waals surface area contributed by atoms with Crippen LogP contribution in [0.1, 0.15) is 0 Å². The molecule has 0 bridgehead atoms. The monoisotopic (exact) mass is 641 g/mol. The van der Waals surface area contributed by atoms with Crippen LogP contribution in [-0.2, 0) is 0 Å². The second kappa shape index (κ2) is 12.7. The van der Waals surface area contributed by atoms with Crippen molar-refractivity contribution in [3.05, 3.63) is 188 Å². The molecule has 7 aromatic carbocycles. The van der Waals surface area contributed by atoms with E-state index in [0.29, 0.717) is 5.82 Å². The number of hydrogen-bond acceptors (Lipinski definition) is 4. The van der Waals surface area contributed by atoms with E-state index in [1.807, 2.05) is 60.7 Å². The highest BCUT2D eigenvalue weighted by Crippen LogP contribution is 2.44. The fraction of sp³-hybridized carbons (Fsp3) is 0. The van der Waals surface area contributed by atoms with E-state index in [9.17, 15) is 0 Å². The van der Waals surface area contributed by atoms with Crippen molar-refractivity contribution in [1.29, 1.82) is 0 Å². The molecule has 0 saturated carbocycles. The Balaban J connectivity index is 1.30. The van der Waals surface area contributed by atoms with Crippen LogP contribution in [0, 0.1) is 0 Å². The highest BCUT2D eigenvalue weighted by Gasteiger charge is 2.21. The Morgan fingerprint density at radius 1 is 0.380 bits per heavy atom. The molecule has 2 heterocycles. The molecule has 9 rings (SSSR count). The van der Waals surface area contributed by atoms with Gasteiger partial charge in [-0.25, -0.2) is 9.97 Å². The minimum absolute atomic E-state index is 0.671. The highest BCUT2D eigenvalue weighted by atomic mass is 16.3. The summed E-state index contributed by atoms with van der Waals surface area (Å²) in [5.74, 6) is 0.671. The van der Waals surface area contributed by atoms with Gasteiger partial charge >= 0.3 is 0 Å². The van der Waals surface area contributed by atoms with Crippen molar-refractivity contribution < 1.29 is 4.42 Å². The van der Waals surface area contributed by atoms with Gasteiger partial charge in [-0.1, -0.05) is 140 Å². The van der Waals surface area contributed by atoms with Crippen LogP contribution in [0.5, 0.6) is 0 Å². The van der Waals surface area contributed by atoms with Crippen LogP contribution in [0.15, 0.2) is 192 Å². The van der Waals surface area contributed by atoms with E-state index < -0.39 is 0 Å².